The Kier molecular flexibility index (Phi) is 20.5. The molecule has 12 N–H and O–H groups in total. The number of nitrogens with two attached hydrogens (primary N) is 3. The lowest BCUT2D eigenvalue weighted by Crippen LogP contribution is -2.59. The second-order valence-electron chi connectivity index (χ2n) is 14.8. The van der Waals surface area contributed by atoms with E-state index in [1.807, 2.05) is 27.7 Å². The number of hydrogen-bond acceptors (Lipinski definition) is 9. The van der Waals surface area contributed by atoms with Gasteiger partial charge in [-0.2, -0.15) is 0 Å². The summed E-state index contributed by atoms with van der Waals surface area (Å²) in [6.07, 6.45) is -0.535. The van der Waals surface area contributed by atoms with Crippen LogP contribution >= 0.6 is 0 Å². The van der Waals surface area contributed by atoms with Crippen molar-refractivity contribution in [2.75, 3.05) is 0 Å². The van der Waals surface area contributed by atoms with Gasteiger partial charge in [-0.05, 0) is 55.4 Å². The van der Waals surface area contributed by atoms with Crippen molar-refractivity contribution in [1.29, 1.82) is 0 Å². The molecule has 0 aliphatic heterocycles. The molecule has 1 aromatic carbocycles. The number of benzene rings is 1. The van der Waals surface area contributed by atoms with Gasteiger partial charge in [0.2, 0.25) is 41.4 Å². The molecule has 0 aromatic heterocycles. The number of carboxylic acids is 1. The summed E-state index contributed by atoms with van der Waals surface area (Å²) in [7, 11) is 0. The highest BCUT2D eigenvalue weighted by molar-refractivity contribution is 5.96. The average molecular weight is 761 g/mol. The van der Waals surface area contributed by atoms with E-state index in [-0.39, 0.29) is 62.7 Å². The number of amides is 7. The van der Waals surface area contributed by atoms with Crippen molar-refractivity contribution >= 4 is 47.3 Å². The predicted molar refractivity (Wildman–Crippen MR) is 201 cm³/mol. The molecule has 0 spiro atoms. The van der Waals surface area contributed by atoms with Crippen LogP contribution in [0.1, 0.15) is 92.1 Å². The number of rotatable bonds is 25. The fourth-order valence-corrected chi connectivity index (χ4v) is 5.55. The topological polar surface area (TPSA) is 295 Å². The molecular weight excluding hydrogens is 700 g/mol. The number of carboxylic acid groups (broad SMARTS) is 1. The van der Waals surface area contributed by atoms with Crippen LogP contribution < -0.4 is 43.8 Å². The maximum Gasteiger partial charge on any atom is 0.326 e. The monoisotopic (exact) mass is 760 g/mol. The van der Waals surface area contributed by atoms with Gasteiger partial charge < -0.3 is 48.9 Å². The number of carbonyl (C=O) groups excluding carboxylic acids is 7. The van der Waals surface area contributed by atoms with E-state index in [0.717, 1.165) is 0 Å². The van der Waals surface area contributed by atoms with Crippen LogP contribution in [0.5, 0.6) is 0 Å². The minimum atomic E-state index is -1.42. The first-order chi connectivity index (χ1) is 25.2. The largest absolute Gasteiger partial charge is 0.480 e. The fourth-order valence-electron chi connectivity index (χ4n) is 5.55. The minimum Gasteiger partial charge on any atom is -0.480 e. The van der Waals surface area contributed by atoms with Crippen LogP contribution in [-0.4, -0.2) is 88.7 Å². The van der Waals surface area contributed by atoms with E-state index in [9.17, 15) is 43.5 Å². The first-order valence-corrected chi connectivity index (χ1v) is 18.3. The van der Waals surface area contributed by atoms with Gasteiger partial charge in [-0.25, -0.2) is 4.79 Å². The van der Waals surface area contributed by atoms with Crippen molar-refractivity contribution in [2.24, 2.45) is 35.0 Å². The maximum absolute atomic E-state index is 13.8. The Hall–Kier alpha value is -5.06. The van der Waals surface area contributed by atoms with Gasteiger partial charge in [-0.1, -0.05) is 71.9 Å². The molecule has 1 aromatic rings. The molecule has 0 fully saturated rings. The van der Waals surface area contributed by atoms with E-state index >= 15 is 0 Å². The van der Waals surface area contributed by atoms with E-state index in [1.165, 1.54) is 0 Å². The van der Waals surface area contributed by atoms with Crippen molar-refractivity contribution in [3.63, 3.8) is 0 Å². The van der Waals surface area contributed by atoms with Crippen molar-refractivity contribution < 1.29 is 43.5 Å². The molecule has 1 rings (SSSR count). The van der Waals surface area contributed by atoms with Crippen molar-refractivity contribution in [1.82, 2.24) is 26.6 Å². The third-order valence-electron chi connectivity index (χ3n) is 8.26. The lowest BCUT2D eigenvalue weighted by atomic mass is 9.99. The van der Waals surface area contributed by atoms with Crippen molar-refractivity contribution in [3.8, 4) is 0 Å². The van der Waals surface area contributed by atoms with E-state index < -0.39 is 83.6 Å². The normalized spacial score (nSPS) is 14.6. The summed E-state index contributed by atoms with van der Waals surface area (Å²) in [4.78, 5) is 103. The molecule has 54 heavy (non-hydrogen) atoms. The summed E-state index contributed by atoms with van der Waals surface area (Å²) in [5.74, 6) is -6.80. The average Bonchev–Trinajstić information content (AvgIpc) is 3.06. The van der Waals surface area contributed by atoms with Crippen molar-refractivity contribution in [2.45, 2.75) is 129 Å². The van der Waals surface area contributed by atoms with Gasteiger partial charge in [0.1, 0.15) is 30.2 Å². The maximum atomic E-state index is 13.8. The lowest BCUT2D eigenvalue weighted by Gasteiger charge is -2.28. The van der Waals surface area contributed by atoms with E-state index in [2.05, 4.69) is 26.6 Å². The van der Waals surface area contributed by atoms with Crippen LogP contribution in [-0.2, 0) is 44.8 Å². The number of primary amides is 2. The SMILES string of the molecule is CC(C)C[C@H](NC(=O)[C@H](CC(C)C)NC(=O)[C@H](CCC(N)=O)NC(=O)[C@H](CCC(N)=O)NC(=O)[C@@H](N)CC(C)C)C(=O)N[C@@H](Cc1ccccc1)C(=O)O. The van der Waals surface area contributed by atoms with Gasteiger partial charge in [-0.3, -0.25) is 33.6 Å². The molecule has 7 amide bonds. The molecule has 302 valence electrons. The number of aliphatic carboxylic acids is 1. The summed E-state index contributed by atoms with van der Waals surface area (Å²) in [5, 5.41) is 22.6. The number of carbonyl (C=O) groups is 8. The predicted octanol–water partition coefficient (Wildman–Crippen LogP) is -0.266. The summed E-state index contributed by atoms with van der Waals surface area (Å²) < 4.78 is 0. The van der Waals surface area contributed by atoms with Gasteiger partial charge in [0, 0.05) is 19.3 Å². The van der Waals surface area contributed by atoms with Crippen LogP contribution in [0.3, 0.4) is 0 Å². The van der Waals surface area contributed by atoms with Crippen LogP contribution in [0.4, 0.5) is 0 Å². The standard InChI is InChI=1S/C37H60N8O9/c1-20(2)16-24(38)32(48)41-25(12-14-30(39)46)33(49)42-26(13-15-31(40)47)34(50)43-27(17-21(3)4)35(51)44-28(18-22(5)6)36(52)45-29(37(53)54)19-23-10-8-7-9-11-23/h7-11,20-22,24-29H,12-19,38H2,1-6H3,(H2,39,46)(H2,40,47)(H,41,48)(H,42,49)(H,43,50)(H,44,51)(H,45,52)(H,53,54)/t24-,25-,26-,27-,28-,29-/m0/s1. The van der Waals surface area contributed by atoms with Gasteiger partial charge in [0.15, 0.2) is 0 Å². The number of hydrogen-bond donors (Lipinski definition) is 9. The first-order valence-electron chi connectivity index (χ1n) is 18.3. The quantitative estimate of drug-likeness (QED) is 0.0629. The summed E-state index contributed by atoms with van der Waals surface area (Å²) >= 11 is 0. The van der Waals surface area contributed by atoms with Gasteiger partial charge in [0.05, 0.1) is 6.04 Å². The second kappa shape index (κ2) is 23.6. The fraction of sp³-hybridized carbons (Fsp3) is 0.622. The Labute approximate surface area is 317 Å². The van der Waals surface area contributed by atoms with Crippen LogP contribution in [0.25, 0.3) is 0 Å². The van der Waals surface area contributed by atoms with Crippen LogP contribution in [0.2, 0.25) is 0 Å². The molecule has 0 heterocycles. The molecule has 0 saturated heterocycles. The smallest absolute Gasteiger partial charge is 0.326 e. The molecule has 0 aliphatic carbocycles. The Morgan fingerprint density at radius 1 is 0.537 bits per heavy atom. The molecule has 0 aliphatic rings. The number of nitrogens with one attached hydrogen (secondary N) is 5. The Balaban J connectivity index is 3.29. The molecule has 6 atom stereocenters. The second-order valence-corrected chi connectivity index (χ2v) is 14.8. The Bertz CT molecular complexity index is 1440. The molecule has 0 bridgehead atoms. The zero-order chi connectivity index (χ0) is 41.1. The minimum absolute atomic E-state index is 0.00647. The highest BCUT2D eigenvalue weighted by atomic mass is 16.4. The third kappa shape index (κ3) is 18.6. The highest BCUT2D eigenvalue weighted by Crippen LogP contribution is 2.12. The molecule has 17 nitrogen and oxygen atoms in total. The highest BCUT2D eigenvalue weighted by Gasteiger charge is 2.34. The van der Waals surface area contributed by atoms with Gasteiger partial charge >= 0.3 is 5.97 Å². The van der Waals surface area contributed by atoms with Gasteiger partial charge in [-0.15, -0.1) is 0 Å². The zero-order valence-corrected chi connectivity index (χ0v) is 32.2. The molecule has 0 radical (unpaired) electrons. The van der Waals surface area contributed by atoms with Crippen molar-refractivity contribution in [3.05, 3.63) is 35.9 Å². The molecule has 0 saturated carbocycles. The van der Waals surface area contributed by atoms with Crippen LogP contribution in [0.15, 0.2) is 30.3 Å². The van der Waals surface area contributed by atoms with Gasteiger partial charge in [0.25, 0.3) is 0 Å². The summed E-state index contributed by atoms with van der Waals surface area (Å²) in [5.41, 5.74) is 17.3. The van der Waals surface area contributed by atoms with E-state index in [4.69, 9.17) is 17.2 Å². The Morgan fingerprint density at radius 3 is 1.26 bits per heavy atom. The van der Waals surface area contributed by atoms with E-state index in [1.54, 1.807) is 44.2 Å². The molecular formula is C37H60N8O9. The lowest BCUT2D eigenvalue weighted by molar-refractivity contribution is -0.142. The Morgan fingerprint density at radius 2 is 0.889 bits per heavy atom. The summed E-state index contributed by atoms with van der Waals surface area (Å²) in [6.45, 7) is 11.0. The van der Waals surface area contributed by atoms with Crippen LogP contribution in [0, 0.1) is 17.8 Å². The summed E-state index contributed by atoms with van der Waals surface area (Å²) in [6, 6.07) is 1.35. The molecule has 17 heteroatoms. The first kappa shape index (κ1) is 47.0. The molecule has 0 unspecified atom stereocenters. The zero-order valence-electron chi connectivity index (χ0n) is 32.2. The van der Waals surface area contributed by atoms with E-state index in [0.29, 0.717) is 12.0 Å². The third-order valence-corrected chi connectivity index (χ3v) is 8.26.